The molecule has 0 aliphatic carbocycles. The standard InChI is InChI=1S/C14H18Cl2N2OS/c15-12-3-2-11(13(16)8-12)9-20-10-14(19)18-6-1-4-17-5-7-18/h2-3,8,17H,1,4-7,9-10H2. The minimum absolute atomic E-state index is 0.212. The average Bonchev–Trinajstić information content (AvgIpc) is 2.70. The molecule has 1 amide bonds. The van der Waals surface area contributed by atoms with E-state index >= 15 is 0 Å². The lowest BCUT2D eigenvalue weighted by molar-refractivity contribution is -0.128. The third-order valence-corrected chi connectivity index (χ3v) is 4.74. The molecule has 3 nitrogen and oxygen atoms in total. The highest BCUT2D eigenvalue weighted by Crippen LogP contribution is 2.24. The molecule has 0 spiro atoms. The van der Waals surface area contributed by atoms with Crippen molar-refractivity contribution in [2.24, 2.45) is 0 Å². The first-order valence-corrected chi connectivity index (χ1v) is 8.58. The second-order valence-electron chi connectivity index (χ2n) is 4.71. The maximum Gasteiger partial charge on any atom is 0.232 e. The number of carbonyl (C=O) groups excluding carboxylic acids is 1. The van der Waals surface area contributed by atoms with Crippen molar-refractivity contribution in [2.75, 3.05) is 31.9 Å². The van der Waals surface area contributed by atoms with Crippen LogP contribution in [0.2, 0.25) is 10.0 Å². The summed E-state index contributed by atoms with van der Waals surface area (Å²) in [4.78, 5) is 14.0. The van der Waals surface area contributed by atoms with E-state index in [2.05, 4.69) is 5.32 Å². The van der Waals surface area contributed by atoms with Crippen molar-refractivity contribution in [3.8, 4) is 0 Å². The Morgan fingerprint density at radius 3 is 2.95 bits per heavy atom. The number of thioether (sulfide) groups is 1. The molecule has 0 unspecified atom stereocenters. The van der Waals surface area contributed by atoms with Gasteiger partial charge in [0.25, 0.3) is 0 Å². The summed E-state index contributed by atoms with van der Waals surface area (Å²) in [5.74, 6) is 1.44. The highest BCUT2D eigenvalue weighted by Gasteiger charge is 2.15. The van der Waals surface area contributed by atoms with Gasteiger partial charge in [-0.2, -0.15) is 0 Å². The van der Waals surface area contributed by atoms with Crippen molar-refractivity contribution in [3.05, 3.63) is 33.8 Å². The van der Waals surface area contributed by atoms with Gasteiger partial charge in [-0.05, 0) is 30.7 Å². The lowest BCUT2D eigenvalue weighted by atomic mass is 10.2. The summed E-state index contributed by atoms with van der Waals surface area (Å²) >= 11 is 13.6. The summed E-state index contributed by atoms with van der Waals surface area (Å²) in [7, 11) is 0. The largest absolute Gasteiger partial charge is 0.341 e. The van der Waals surface area contributed by atoms with Gasteiger partial charge in [0.2, 0.25) is 5.91 Å². The molecule has 6 heteroatoms. The Morgan fingerprint density at radius 1 is 1.30 bits per heavy atom. The lowest BCUT2D eigenvalue weighted by Gasteiger charge is -2.19. The quantitative estimate of drug-likeness (QED) is 0.919. The monoisotopic (exact) mass is 332 g/mol. The SMILES string of the molecule is O=C(CSCc1ccc(Cl)cc1Cl)N1CCCNCC1. The second-order valence-corrected chi connectivity index (χ2v) is 6.54. The zero-order chi connectivity index (χ0) is 14.4. The maximum absolute atomic E-state index is 12.1. The van der Waals surface area contributed by atoms with Gasteiger partial charge in [-0.3, -0.25) is 4.79 Å². The smallest absolute Gasteiger partial charge is 0.232 e. The molecule has 1 fully saturated rings. The fourth-order valence-electron chi connectivity index (χ4n) is 2.07. The van der Waals surface area contributed by atoms with Crippen molar-refractivity contribution in [1.82, 2.24) is 10.2 Å². The Bertz CT molecular complexity index is 462. The van der Waals surface area contributed by atoms with Gasteiger partial charge in [-0.25, -0.2) is 0 Å². The van der Waals surface area contributed by atoms with Crippen LogP contribution in [0.1, 0.15) is 12.0 Å². The summed E-state index contributed by atoms with van der Waals surface area (Å²) in [5, 5.41) is 4.60. The minimum atomic E-state index is 0.212. The number of nitrogens with one attached hydrogen (secondary N) is 1. The van der Waals surface area contributed by atoms with Crippen LogP contribution in [0.25, 0.3) is 0 Å². The number of amides is 1. The fourth-order valence-corrected chi connectivity index (χ4v) is 3.56. The molecule has 1 heterocycles. The van der Waals surface area contributed by atoms with Crippen LogP contribution in [-0.4, -0.2) is 42.7 Å². The van der Waals surface area contributed by atoms with Crippen molar-refractivity contribution in [2.45, 2.75) is 12.2 Å². The first-order chi connectivity index (χ1) is 9.66. The van der Waals surface area contributed by atoms with Crippen LogP contribution in [0.15, 0.2) is 18.2 Å². The first kappa shape index (κ1) is 16.0. The summed E-state index contributed by atoms with van der Waals surface area (Å²) < 4.78 is 0. The van der Waals surface area contributed by atoms with Gasteiger partial charge in [0.1, 0.15) is 0 Å². The van der Waals surface area contributed by atoms with Gasteiger partial charge in [-0.1, -0.05) is 29.3 Å². The average molecular weight is 333 g/mol. The van der Waals surface area contributed by atoms with Crippen LogP contribution in [0.5, 0.6) is 0 Å². The van der Waals surface area contributed by atoms with Crippen LogP contribution < -0.4 is 5.32 Å². The summed E-state index contributed by atoms with van der Waals surface area (Å²) in [6, 6.07) is 5.48. The fraction of sp³-hybridized carbons (Fsp3) is 0.500. The molecule has 0 bridgehead atoms. The van der Waals surface area contributed by atoms with Crippen molar-refractivity contribution in [1.29, 1.82) is 0 Å². The molecular formula is C14H18Cl2N2OS. The second kappa shape index (κ2) is 8.13. The number of halogens is 2. The van der Waals surface area contributed by atoms with Gasteiger partial charge in [0.15, 0.2) is 0 Å². The number of hydrogen-bond donors (Lipinski definition) is 1. The van der Waals surface area contributed by atoms with E-state index in [1.54, 1.807) is 17.8 Å². The summed E-state index contributed by atoms with van der Waals surface area (Å²) in [6.07, 6.45) is 1.03. The summed E-state index contributed by atoms with van der Waals surface area (Å²) in [6.45, 7) is 3.55. The maximum atomic E-state index is 12.1. The number of hydrogen-bond acceptors (Lipinski definition) is 3. The zero-order valence-corrected chi connectivity index (χ0v) is 13.5. The van der Waals surface area contributed by atoms with Crippen LogP contribution >= 0.6 is 35.0 Å². The molecule has 1 aromatic carbocycles. The summed E-state index contributed by atoms with van der Waals surface area (Å²) in [5.41, 5.74) is 1.02. The molecular weight excluding hydrogens is 315 g/mol. The van der Waals surface area contributed by atoms with Gasteiger partial charge in [-0.15, -0.1) is 11.8 Å². The van der Waals surface area contributed by atoms with Crippen molar-refractivity contribution < 1.29 is 4.79 Å². The van der Waals surface area contributed by atoms with E-state index in [0.717, 1.165) is 43.9 Å². The minimum Gasteiger partial charge on any atom is -0.341 e. The van der Waals surface area contributed by atoms with E-state index in [1.807, 2.05) is 17.0 Å². The molecule has 20 heavy (non-hydrogen) atoms. The molecule has 0 aromatic heterocycles. The number of rotatable bonds is 4. The molecule has 1 N–H and O–H groups in total. The molecule has 1 aliphatic rings. The number of carbonyl (C=O) groups is 1. The van der Waals surface area contributed by atoms with Gasteiger partial charge >= 0.3 is 0 Å². The number of benzene rings is 1. The molecule has 0 saturated carbocycles. The normalized spacial score (nSPS) is 16.0. The Hall–Kier alpha value is -0.420. The molecule has 2 rings (SSSR count). The van der Waals surface area contributed by atoms with E-state index < -0.39 is 0 Å². The van der Waals surface area contributed by atoms with E-state index in [0.29, 0.717) is 15.8 Å². The Kier molecular flexibility index (Phi) is 6.49. The van der Waals surface area contributed by atoms with Crippen molar-refractivity contribution in [3.63, 3.8) is 0 Å². The predicted molar refractivity (Wildman–Crippen MR) is 86.7 cm³/mol. The van der Waals surface area contributed by atoms with E-state index in [4.69, 9.17) is 23.2 Å². The van der Waals surface area contributed by atoms with Crippen LogP contribution in [0.3, 0.4) is 0 Å². The Labute approximate surface area is 134 Å². The molecule has 1 saturated heterocycles. The zero-order valence-electron chi connectivity index (χ0n) is 11.2. The molecule has 0 radical (unpaired) electrons. The first-order valence-electron chi connectivity index (χ1n) is 6.67. The van der Waals surface area contributed by atoms with Crippen LogP contribution in [0.4, 0.5) is 0 Å². The van der Waals surface area contributed by atoms with E-state index in [-0.39, 0.29) is 5.91 Å². The van der Waals surface area contributed by atoms with Crippen LogP contribution in [-0.2, 0) is 10.5 Å². The predicted octanol–water partition coefficient (Wildman–Crippen LogP) is 3.05. The molecule has 0 atom stereocenters. The van der Waals surface area contributed by atoms with Gasteiger partial charge in [0.05, 0.1) is 5.75 Å². The highest BCUT2D eigenvalue weighted by molar-refractivity contribution is 7.99. The third kappa shape index (κ3) is 4.85. The van der Waals surface area contributed by atoms with Crippen molar-refractivity contribution >= 4 is 40.9 Å². The highest BCUT2D eigenvalue weighted by atomic mass is 35.5. The van der Waals surface area contributed by atoms with E-state index in [1.165, 1.54) is 0 Å². The lowest BCUT2D eigenvalue weighted by Crippen LogP contribution is -2.35. The molecule has 1 aliphatic heterocycles. The van der Waals surface area contributed by atoms with Gasteiger partial charge in [0, 0.05) is 35.4 Å². The van der Waals surface area contributed by atoms with Gasteiger partial charge < -0.3 is 10.2 Å². The number of nitrogens with zero attached hydrogens (tertiary/aromatic N) is 1. The Morgan fingerprint density at radius 2 is 2.15 bits per heavy atom. The third-order valence-electron chi connectivity index (χ3n) is 3.19. The molecule has 1 aromatic rings. The van der Waals surface area contributed by atoms with E-state index in [9.17, 15) is 4.79 Å². The topological polar surface area (TPSA) is 32.3 Å². The molecule has 110 valence electrons. The Balaban J connectivity index is 1.78. The van der Waals surface area contributed by atoms with Crippen LogP contribution in [0, 0.1) is 0 Å².